The van der Waals surface area contributed by atoms with Crippen molar-refractivity contribution in [2.75, 3.05) is 6.54 Å². The minimum absolute atomic E-state index is 0.308. The minimum atomic E-state index is -4.39. The zero-order chi connectivity index (χ0) is 16.0. The van der Waals surface area contributed by atoms with Crippen LogP contribution in [0.1, 0.15) is 23.1 Å². The fourth-order valence-electron chi connectivity index (χ4n) is 2.07. The summed E-state index contributed by atoms with van der Waals surface area (Å²) in [6, 6.07) is 8.67. The number of alkyl halides is 3. The van der Waals surface area contributed by atoms with Gasteiger partial charge in [0.1, 0.15) is 0 Å². The molecule has 0 radical (unpaired) electrons. The lowest BCUT2D eigenvalue weighted by Gasteiger charge is -2.12. The Balaban J connectivity index is 2.44. The Morgan fingerprint density at radius 2 is 1.95 bits per heavy atom. The van der Waals surface area contributed by atoms with E-state index >= 15 is 0 Å². The van der Waals surface area contributed by atoms with Gasteiger partial charge in [0.05, 0.1) is 5.56 Å². The Morgan fingerprint density at radius 3 is 2.59 bits per heavy atom. The molecule has 1 heterocycles. The summed E-state index contributed by atoms with van der Waals surface area (Å²) in [5.41, 5.74) is 3.16. The Hall–Kier alpha value is -2.18. The number of nitrogens with one attached hydrogen (secondary N) is 1. The molecular formula is C16H15F3N2O. The van der Waals surface area contributed by atoms with Crippen LogP contribution in [0.5, 0.6) is 0 Å². The van der Waals surface area contributed by atoms with Gasteiger partial charge in [-0.2, -0.15) is 13.2 Å². The molecule has 2 aromatic rings. The van der Waals surface area contributed by atoms with Gasteiger partial charge in [0, 0.05) is 24.5 Å². The molecule has 3 nitrogen and oxygen atoms in total. The first-order chi connectivity index (χ1) is 10.5. The summed E-state index contributed by atoms with van der Waals surface area (Å²) in [7, 11) is 0. The summed E-state index contributed by atoms with van der Waals surface area (Å²) in [4.78, 5) is 4.00. The lowest BCUT2D eigenvalue weighted by Crippen LogP contribution is -2.08. The molecule has 2 N–H and O–H groups in total. The van der Waals surface area contributed by atoms with Crippen molar-refractivity contribution in [3.8, 4) is 0 Å². The second-order valence-corrected chi connectivity index (χ2v) is 4.63. The molecule has 0 saturated heterocycles. The number of rotatable bonds is 5. The average molecular weight is 308 g/mol. The summed E-state index contributed by atoms with van der Waals surface area (Å²) in [5.74, 6) is 0. The highest BCUT2D eigenvalue weighted by molar-refractivity contribution is 5.79. The molecule has 6 heteroatoms. The highest BCUT2D eigenvalue weighted by atomic mass is 19.4. The topological polar surface area (TPSA) is 45.1 Å². The molecule has 0 unspecified atom stereocenters. The van der Waals surface area contributed by atoms with Crippen LogP contribution < -0.4 is 5.48 Å². The monoisotopic (exact) mass is 308 g/mol. The molecular weight excluding hydrogens is 293 g/mol. The summed E-state index contributed by atoms with van der Waals surface area (Å²) in [6.45, 7) is 0.308. The largest absolute Gasteiger partial charge is 0.416 e. The Bertz CT molecular complexity index is 639. The zero-order valence-corrected chi connectivity index (χ0v) is 11.6. The van der Waals surface area contributed by atoms with Gasteiger partial charge in [-0.15, -0.1) is 0 Å². The van der Waals surface area contributed by atoms with E-state index in [0.717, 1.165) is 17.7 Å². The molecule has 0 bridgehead atoms. The SMILES string of the molecule is ONCC/C=C(/c1cccnc1)c1cccc(C(F)(F)F)c1. The first-order valence-electron chi connectivity index (χ1n) is 6.67. The van der Waals surface area contributed by atoms with E-state index in [4.69, 9.17) is 5.21 Å². The maximum Gasteiger partial charge on any atom is 0.416 e. The quantitative estimate of drug-likeness (QED) is 0.650. The fourth-order valence-corrected chi connectivity index (χ4v) is 2.07. The van der Waals surface area contributed by atoms with Crippen LogP contribution in [0.3, 0.4) is 0 Å². The number of hydrogen-bond acceptors (Lipinski definition) is 3. The molecule has 22 heavy (non-hydrogen) atoms. The van der Waals surface area contributed by atoms with E-state index in [1.165, 1.54) is 6.07 Å². The third-order valence-corrected chi connectivity index (χ3v) is 3.08. The highest BCUT2D eigenvalue weighted by Gasteiger charge is 2.30. The van der Waals surface area contributed by atoms with Crippen LogP contribution in [-0.4, -0.2) is 16.7 Å². The molecule has 1 aromatic carbocycles. The Morgan fingerprint density at radius 1 is 1.18 bits per heavy atom. The van der Waals surface area contributed by atoms with Crippen LogP contribution in [0.4, 0.5) is 13.2 Å². The smallest absolute Gasteiger partial charge is 0.317 e. The van der Waals surface area contributed by atoms with Crippen molar-refractivity contribution >= 4 is 5.57 Å². The zero-order valence-electron chi connectivity index (χ0n) is 11.6. The lowest BCUT2D eigenvalue weighted by atomic mass is 9.96. The van der Waals surface area contributed by atoms with Crippen molar-refractivity contribution in [1.82, 2.24) is 10.5 Å². The second kappa shape index (κ2) is 7.20. The fraction of sp³-hybridized carbons (Fsp3) is 0.188. The van der Waals surface area contributed by atoms with Gasteiger partial charge in [0.2, 0.25) is 0 Å². The van der Waals surface area contributed by atoms with Gasteiger partial charge in [-0.25, -0.2) is 5.48 Å². The first kappa shape index (κ1) is 16.2. The summed E-state index contributed by atoms with van der Waals surface area (Å²) >= 11 is 0. The standard InChI is InChI=1S/C16H15F3N2O/c17-16(18,19)14-6-1-4-12(10-14)15(7-3-9-21-22)13-5-2-8-20-11-13/h1-2,4-8,10-11,21-22H,3,9H2/b15-7+. The molecule has 0 spiro atoms. The van der Waals surface area contributed by atoms with Crippen LogP contribution >= 0.6 is 0 Å². The van der Waals surface area contributed by atoms with Crippen LogP contribution in [0.2, 0.25) is 0 Å². The molecule has 2 rings (SSSR count). The van der Waals surface area contributed by atoms with Crippen molar-refractivity contribution in [1.29, 1.82) is 0 Å². The molecule has 116 valence electrons. The highest BCUT2D eigenvalue weighted by Crippen LogP contribution is 2.32. The maximum atomic E-state index is 12.9. The normalized spacial score (nSPS) is 12.5. The van der Waals surface area contributed by atoms with E-state index in [2.05, 4.69) is 4.98 Å². The van der Waals surface area contributed by atoms with E-state index in [-0.39, 0.29) is 0 Å². The number of hydroxylamine groups is 1. The van der Waals surface area contributed by atoms with E-state index in [9.17, 15) is 13.2 Å². The summed E-state index contributed by atoms with van der Waals surface area (Å²) < 4.78 is 38.6. The summed E-state index contributed by atoms with van der Waals surface area (Å²) in [6.07, 6.45) is 1.05. The van der Waals surface area contributed by atoms with Crippen molar-refractivity contribution in [2.45, 2.75) is 12.6 Å². The van der Waals surface area contributed by atoms with Gasteiger partial charge in [0.15, 0.2) is 0 Å². The maximum absolute atomic E-state index is 12.9. The molecule has 0 amide bonds. The third-order valence-electron chi connectivity index (χ3n) is 3.08. The van der Waals surface area contributed by atoms with Gasteiger partial charge in [-0.05, 0) is 35.8 Å². The first-order valence-corrected chi connectivity index (χ1v) is 6.67. The number of halogens is 3. The molecule has 0 aliphatic heterocycles. The number of hydrogen-bond donors (Lipinski definition) is 2. The molecule has 0 aliphatic rings. The Kier molecular flexibility index (Phi) is 5.30. The molecule has 0 fully saturated rings. The van der Waals surface area contributed by atoms with Crippen LogP contribution in [0.15, 0.2) is 54.9 Å². The minimum Gasteiger partial charge on any atom is -0.317 e. The van der Waals surface area contributed by atoms with Crippen LogP contribution in [0, 0.1) is 0 Å². The van der Waals surface area contributed by atoms with Gasteiger partial charge in [-0.3, -0.25) is 4.98 Å². The number of nitrogens with zero attached hydrogens (tertiary/aromatic N) is 1. The van der Waals surface area contributed by atoms with Crippen molar-refractivity contribution in [2.24, 2.45) is 0 Å². The molecule has 1 aromatic heterocycles. The molecule has 0 aliphatic carbocycles. The molecule has 0 saturated carbocycles. The number of pyridine rings is 1. The van der Waals surface area contributed by atoms with Gasteiger partial charge in [0.25, 0.3) is 0 Å². The Labute approximate surface area is 126 Å². The van der Waals surface area contributed by atoms with E-state index in [0.29, 0.717) is 24.1 Å². The van der Waals surface area contributed by atoms with E-state index in [1.807, 2.05) is 5.48 Å². The predicted octanol–water partition coefficient (Wildman–Crippen LogP) is 3.90. The third kappa shape index (κ3) is 4.16. The van der Waals surface area contributed by atoms with Crippen molar-refractivity contribution < 1.29 is 18.4 Å². The average Bonchev–Trinajstić information content (AvgIpc) is 2.52. The van der Waals surface area contributed by atoms with Crippen molar-refractivity contribution in [3.05, 3.63) is 71.6 Å². The van der Waals surface area contributed by atoms with E-state index < -0.39 is 11.7 Å². The predicted molar refractivity (Wildman–Crippen MR) is 77.2 cm³/mol. The van der Waals surface area contributed by atoms with Gasteiger partial charge < -0.3 is 5.21 Å². The number of benzene rings is 1. The number of aromatic nitrogens is 1. The lowest BCUT2D eigenvalue weighted by molar-refractivity contribution is -0.137. The van der Waals surface area contributed by atoms with Gasteiger partial charge in [-0.1, -0.05) is 24.3 Å². The molecule has 0 atom stereocenters. The van der Waals surface area contributed by atoms with Crippen LogP contribution in [-0.2, 0) is 6.18 Å². The van der Waals surface area contributed by atoms with Crippen molar-refractivity contribution in [3.63, 3.8) is 0 Å². The second-order valence-electron chi connectivity index (χ2n) is 4.63. The van der Waals surface area contributed by atoms with Gasteiger partial charge >= 0.3 is 6.18 Å². The summed E-state index contributed by atoms with van der Waals surface area (Å²) in [5, 5.41) is 8.63. The van der Waals surface area contributed by atoms with Crippen LogP contribution in [0.25, 0.3) is 5.57 Å². The van der Waals surface area contributed by atoms with E-state index in [1.54, 1.807) is 36.7 Å².